The van der Waals surface area contributed by atoms with Gasteiger partial charge in [0.2, 0.25) is 5.91 Å². The highest BCUT2D eigenvalue weighted by Gasteiger charge is 2.27. The molecule has 0 radical (unpaired) electrons. The molecule has 0 bridgehead atoms. The van der Waals surface area contributed by atoms with Gasteiger partial charge in [-0.25, -0.2) is 8.42 Å². The average Bonchev–Trinajstić information content (AvgIpc) is 2.73. The molecule has 6 nitrogen and oxygen atoms in total. The molecule has 156 valence electrons. The first-order valence-electron chi connectivity index (χ1n) is 9.57. The normalized spacial score (nSPS) is 11.0. The standard InChI is InChI=1S/C23H24N2O4S/c1-3-29-21-12-14-22(15-13-21)30(27,28)25(20-10-5-4-6-11-20)17-23(26)24-19-9-7-8-18(2)16-19/h4-16H,3,17H2,1-2H3,(H,24,26). The van der Waals surface area contributed by atoms with Crippen LogP contribution in [0.1, 0.15) is 12.5 Å². The number of aryl methyl sites for hydroxylation is 1. The van der Waals surface area contributed by atoms with E-state index in [1.165, 1.54) is 12.1 Å². The lowest BCUT2D eigenvalue weighted by Crippen LogP contribution is -2.38. The summed E-state index contributed by atoms with van der Waals surface area (Å²) in [6.45, 7) is 3.91. The van der Waals surface area contributed by atoms with Crippen LogP contribution in [-0.4, -0.2) is 27.5 Å². The first-order valence-corrected chi connectivity index (χ1v) is 11.0. The Kier molecular flexibility index (Phi) is 6.74. The van der Waals surface area contributed by atoms with E-state index >= 15 is 0 Å². The number of nitrogens with one attached hydrogen (secondary N) is 1. The van der Waals surface area contributed by atoms with Crippen molar-refractivity contribution in [2.45, 2.75) is 18.7 Å². The molecule has 1 amide bonds. The Labute approximate surface area is 177 Å². The second-order valence-electron chi connectivity index (χ2n) is 6.67. The second kappa shape index (κ2) is 9.45. The largest absolute Gasteiger partial charge is 0.494 e. The Morgan fingerprint density at radius 2 is 1.67 bits per heavy atom. The molecule has 0 saturated heterocycles. The van der Waals surface area contributed by atoms with Crippen molar-refractivity contribution < 1.29 is 17.9 Å². The van der Waals surface area contributed by atoms with Gasteiger partial charge in [-0.15, -0.1) is 0 Å². The van der Waals surface area contributed by atoms with Gasteiger partial charge >= 0.3 is 0 Å². The number of sulfonamides is 1. The van der Waals surface area contributed by atoms with Crippen molar-refractivity contribution in [1.29, 1.82) is 0 Å². The zero-order chi connectivity index (χ0) is 21.6. The number of nitrogens with zero attached hydrogens (tertiary/aromatic N) is 1. The number of benzene rings is 3. The fraction of sp³-hybridized carbons (Fsp3) is 0.174. The number of carbonyl (C=O) groups excluding carboxylic acids is 1. The van der Waals surface area contributed by atoms with Crippen molar-refractivity contribution in [3.8, 4) is 5.75 Å². The van der Waals surface area contributed by atoms with Gasteiger partial charge in [-0.2, -0.15) is 0 Å². The highest BCUT2D eigenvalue weighted by atomic mass is 32.2. The third-order valence-electron chi connectivity index (χ3n) is 4.36. The van der Waals surface area contributed by atoms with E-state index in [-0.39, 0.29) is 11.4 Å². The molecule has 0 unspecified atom stereocenters. The van der Waals surface area contributed by atoms with Crippen LogP contribution in [0.15, 0.2) is 83.8 Å². The minimum atomic E-state index is -3.96. The predicted molar refractivity (Wildman–Crippen MR) is 118 cm³/mol. The van der Waals surface area contributed by atoms with Gasteiger partial charge in [-0.05, 0) is 67.9 Å². The van der Waals surface area contributed by atoms with Crippen molar-refractivity contribution in [2.75, 3.05) is 22.8 Å². The van der Waals surface area contributed by atoms with Crippen LogP contribution in [0.25, 0.3) is 0 Å². The summed E-state index contributed by atoms with van der Waals surface area (Å²) in [5.41, 5.74) is 2.02. The second-order valence-corrected chi connectivity index (χ2v) is 8.53. The molecule has 0 aromatic heterocycles. The van der Waals surface area contributed by atoms with Gasteiger partial charge in [-0.3, -0.25) is 9.10 Å². The van der Waals surface area contributed by atoms with Gasteiger partial charge in [0.15, 0.2) is 0 Å². The van der Waals surface area contributed by atoms with Gasteiger partial charge in [0, 0.05) is 5.69 Å². The summed E-state index contributed by atoms with van der Waals surface area (Å²) in [5, 5.41) is 2.77. The number of anilines is 2. The van der Waals surface area contributed by atoms with E-state index in [2.05, 4.69) is 5.32 Å². The van der Waals surface area contributed by atoms with Crippen LogP contribution in [0, 0.1) is 6.92 Å². The molecule has 0 aliphatic rings. The SMILES string of the molecule is CCOc1ccc(S(=O)(=O)N(CC(=O)Nc2cccc(C)c2)c2ccccc2)cc1. The van der Waals surface area contributed by atoms with Crippen molar-refractivity contribution in [3.63, 3.8) is 0 Å². The minimum absolute atomic E-state index is 0.0816. The predicted octanol–water partition coefficient (Wildman–Crippen LogP) is 4.23. The minimum Gasteiger partial charge on any atom is -0.494 e. The van der Waals surface area contributed by atoms with E-state index in [0.29, 0.717) is 23.7 Å². The fourth-order valence-electron chi connectivity index (χ4n) is 2.96. The zero-order valence-corrected chi connectivity index (χ0v) is 17.7. The van der Waals surface area contributed by atoms with Gasteiger partial charge in [0.1, 0.15) is 12.3 Å². The number of ether oxygens (including phenoxy) is 1. The number of para-hydroxylation sites is 1. The summed E-state index contributed by atoms with van der Waals surface area (Å²) in [6, 6.07) is 22.1. The molecule has 0 heterocycles. The average molecular weight is 425 g/mol. The lowest BCUT2D eigenvalue weighted by atomic mass is 10.2. The summed E-state index contributed by atoms with van der Waals surface area (Å²) in [7, 11) is -3.96. The van der Waals surface area contributed by atoms with E-state index in [0.717, 1.165) is 9.87 Å². The Morgan fingerprint density at radius 1 is 0.967 bits per heavy atom. The first kappa shape index (κ1) is 21.4. The quantitative estimate of drug-likeness (QED) is 0.587. The molecule has 0 fully saturated rings. The topological polar surface area (TPSA) is 75.7 Å². The summed E-state index contributed by atoms with van der Waals surface area (Å²) in [5.74, 6) is 0.152. The molecule has 0 atom stereocenters. The number of hydrogen-bond donors (Lipinski definition) is 1. The molecular weight excluding hydrogens is 400 g/mol. The molecule has 3 rings (SSSR count). The van der Waals surface area contributed by atoms with E-state index in [1.54, 1.807) is 48.5 Å². The summed E-state index contributed by atoms with van der Waals surface area (Å²) in [4.78, 5) is 12.8. The molecule has 0 aliphatic carbocycles. The molecule has 3 aromatic rings. The zero-order valence-electron chi connectivity index (χ0n) is 16.9. The van der Waals surface area contributed by atoms with E-state index < -0.39 is 15.9 Å². The van der Waals surface area contributed by atoms with Crippen molar-refractivity contribution in [1.82, 2.24) is 0 Å². The maximum Gasteiger partial charge on any atom is 0.264 e. The molecule has 0 saturated carbocycles. The number of carbonyl (C=O) groups is 1. The third-order valence-corrected chi connectivity index (χ3v) is 6.14. The molecule has 0 spiro atoms. The van der Waals surface area contributed by atoms with Crippen molar-refractivity contribution in [2.24, 2.45) is 0 Å². The van der Waals surface area contributed by atoms with Crippen LogP contribution in [0.2, 0.25) is 0 Å². The maximum absolute atomic E-state index is 13.3. The molecule has 3 aromatic carbocycles. The Morgan fingerprint density at radius 3 is 2.30 bits per heavy atom. The molecular formula is C23H24N2O4S. The highest BCUT2D eigenvalue weighted by Crippen LogP contribution is 2.25. The third kappa shape index (κ3) is 5.18. The van der Waals surface area contributed by atoms with Crippen molar-refractivity contribution >= 4 is 27.3 Å². The maximum atomic E-state index is 13.3. The lowest BCUT2D eigenvalue weighted by Gasteiger charge is -2.24. The molecule has 0 aliphatic heterocycles. The number of hydrogen-bond acceptors (Lipinski definition) is 4. The monoisotopic (exact) mass is 424 g/mol. The molecule has 7 heteroatoms. The fourth-order valence-corrected chi connectivity index (χ4v) is 4.39. The van der Waals surface area contributed by atoms with Crippen LogP contribution in [-0.2, 0) is 14.8 Å². The molecule has 30 heavy (non-hydrogen) atoms. The van der Waals surface area contributed by atoms with Crippen molar-refractivity contribution in [3.05, 3.63) is 84.4 Å². The summed E-state index contributed by atoms with van der Waals surface area (Å²) in [6.07, 6.45) is 0. The summed E-state index contributed by atoms with van der Waals surface area (Å²) >= 11 is 0. The number of rotatable bonds is 8. The van der Waals surface area contributed by atoms with Gasteiger partial charge in [-0.1, -0.05) is 30.3 Å². The van der Waals surface area contributed by atoms with E-state index in [9.17, 15) is 13.2 Å². The van der Waals surface area contributed by atoms with Crippen LogP contribution in [0.5, 0.6) is 5.75 Å². The van der Waals surface area contributed by atoms with Gasteiger partial charge in [0.05, 0.1) is 17.2 Å². The van der Waals surface area contributed by atoms with Gasteiger partial charge in [0.25, 0.3) is 10.0 Å². The Hall–Kier alpha value is -3.32. The number of amides is 1. The smallest absolute Gasteiger partial charge is 0.264 e. The van der Waals surface area contributed by atoms with Crippen LogP contribution >= 0.6 is 0 Å². The first-order chi connectivity index (χ1) is 14.4. The Balaban J connectivity index is 1.89. The van der Waals surface area contributed by atoms with Crippen LogP contribution < -0.4 is 14.4 Å². The van der Waals surface area contributed by atoms with E-state index in [4.69, 9.17) is 4.74 Å². The highest BCUT2D eigenvalue weighted by molar-refractivity contribution is 7.92. The molecule has 1 N–H and O–H groups in total. The Bertz CT molecular complexity index is 1100. The van der Waals surface area contributed by atoms with Gasteiger partial charge < -0.3 is 10.1 Å². The van der Waals surface area contributed by atoms with E-state index in [1.807, 2.05) is 32.0 Å². The summed E-state index contributed by atoms with van der Waals surface area (Å²) < 4.78 is 33.2. The lowest BCUT2D eigenvalue weighted by molar-refractivity contribution is -0.114. The van der Waals surface area contributed by atoms with Crippen LogP contribution in [0.3, 0.4) is 0 Å². The van der Waals surface area contributed by atoms with Crippen LogP contribution in [0.4, 0.5) is 11.4 Å².